The van der Waals surface area contributed by atoms with E-state index < -0.39 is 0 Å². The first kappa shape index (κ1) is 13.5. The lowest BCUT2D eigenvalue weighted by molar-refractivity contribution is 0.262. The first-order chi connectivity index (χ1) is 8.79. The smallest absolute Gasteiger partial charge is 0.127 e. The highest BCUT2D eigenvalue weighted by Crippen LogP contribution is 2.30. The van der Waals surface area contributed by atoms with Crippen molar-refractivity contribution in [3.8, 4) is 0 Å². The molecule has 100 valence electrons. The van der Waals surface area contributed by atoms with Gasteiger partial charge in [0.1, 0.15) is 5.82 Å². The van der Waals surface area contributed by atoms with Crippen LogP contribution >= 0.6 is 0 Å². The molecule has 1 aromatic rings. The van der Waals surface area contributed by atoms with Gasteiger partial charge in [-0.3, -0.25) is 0 Å². The molecule has 18 heavy (non-hydrogen) atoms. The molecule has 0 heterocycles. The van der Waals surface area contributed by atoms with Gasteiger partial charge in [0.15, 0.2) is 0 Å². The van der Waals surface area contributed by atoms with Crippen molar-refractivity contribution in [2.45, 2.75) is 45.6 Å². The van der Waals surface area contributed by atoms with Crippen LogP contribution in [-0.4, -0.2) is 6.54 Å². The second kappa shape index (κ2) is 6.89. The molecular weight excluding hydrogens is 225 g/mol. The average Bonchev–Trinajstić information content (AvgIpc) is 2.42. The third-order valence-corrected chi connectivity index (χ3v) is 4.25. The third-order valence-electron chi connectivity index (χ3n) is 4.25. The van der Waals surface area contributed by atoms with E-state index in [1.807, 2.05) is 12.1 Å². The Morgan fingerprint density at radius 1 is 1.11 bits per heavy atom. The van der Waals surface area contributed by atoms with Crippen molar-refractivity contribution in [2.75, 3.05) is 6.54 Å². The molecular formula is C16H24FN. The van der Waals surface area contributed by atoms with Crippen molar-refractivity contribution in [3.63, 3.8) is 0 Å². The van der Waals surface area contributed by atoms with E-state index >= 15 is 0 Å². The van der Waals surface area contributed by atoms with Crippen molar-refractivity contribution >= 4 is 0 Å². The summed E-state index contributed by atoms with van der Waals surface area (Å²) >= 11 is 0. The van der Waals surface area contributed by atoms with Crippen LogP contribution < -0.4 is 5.32 Å². The van der Waals surface area contributed by atoms with Crippen LogP contribution in [-0.2, 0) is 6.54 Å². The summed E-state index contributed by atoms with van der Waals surface area (Å²) in [5.41, 5.74) is 0.778. The fraction of sp³-hybridized carbons (Fsp3) is 0.625. The molecule has 0 bridgehead atoms. The van der Waals surface area contributed by atoms with Crippen molar-refractivity contribution < 1.29 is 4.39 Å². The molecule has 1 aliphatic carbocycles. The molecule has 1 fully saturated rings. The van der Waals surface area contributed by atoms with Crippen LogP contribution in [0, 0.1) is 17.7 Å². The van der Waals surface area contributed by atoms with Crippen LogP contribution in [0.15, 0.2) is 24.3 Å². The summed E-state index contributed by atoms with van der Waals surface area (Å²) < 4.78 is 13.4. The number of nitrogens with one attached hydrogen (secondary N) is 1. The van der Waals surface area contributed by atoms with Gasteiger partial charge in [0.05, 0.1) is 0 Å². The van der Waals surface area contributed by atoms with Gasteiger partial charge < -0.3 is 5.32 Å². The van der Waals surface area contributed by atoms with Crippen LogP contribution in [0.3, 0.4) is 0 Å². The lowest BCUT2D eigenvalue weighted by atomic mass is 9.81. The molecule has 0 atom stereocenters. The summed E-state index contributed by atoms with van der Waals surface area (Å²) in [4.78, 5) is 0. The Hall–Kier alpha value is -0.890. The molecule has 0 aromatic heterocycles. The second-order valence-corrected chi connectivity index (χ2v) is 5.52. The van der Waals surface area contributed by atoms with Crippen molar-refractivity contribution in [1.29, 1.82) is 0 Å². The SMILES string of the molecule is CCC1CCC(CNCc2ccccc2F)CC1. The molecule has 1 aliphatic rings. The van der Waals surface area contributed by atoms with Gasteiger partial charge in [0, 0.05) is 12.1 Å². The maximum absolute atomic E-state index is 13.4. The molecule has 0 amide bonds. The Balaban J connectivity index is 1.69. The zero-order chi connectivity index (χ0) is 12.8. The summed E-state index contributed by atoms with van der Waals surface area (Å²) in [5, 5.41) is 3.41. The average molecular weight is 249 g/mol. The predicted molar refractivity (Wildman–Crippen MR) is 73.8 cm³/mol. The van der Waals surface area contributed by atoms with Gasteiger partial charge >= 0.3 is 0 Å². The molecule has 1 saturated carbocycles. The number of hydrogen-bond donors (Lipinski definition) is 1. The largest absolute Gasteiger partial charge is 0.312 e. The molecule has 1 aromatic carbocycles. The van der Waals surface area contributed by atoms with Gasteiger partial charge in [0.2, 0.25) is 0 Å². The van der Waals surface area contributed by atoms with E-state index in [1.165, 1.54) is 38.2 Å². The standard InChI is InChI=1S/C16H24FN/c1-2-13-7-9-14(10-8-13)11-18-12-15-5-3-4-6-16(15)17/h3-6,13-14,18H,2,7-12H2,1H3. The Kier molecular flexibility index (Phi) is 5.18. The normalized spacial score (nSPS) is 24.1. The molecule has 0 aliphatic heterocycles. The quantitative estimate of drug-likeness (QED) is 0.827. The Morgan fingerprint density at radius 3 is 2.44 bits per heavy atom. The van der Waals surface area contributed by atoms with E-state index in [9.17, 15) is 4.39 Å². The monoisotopic (exact) mass is 249 g/mol. The summed E-state index contributed by atoms with van der Waals surface area (Å²) in [6.07, 6.45) is 6.76. The van der Waals surface area contributed by atoms with Crippen LogP contribution in [0.2, 0.25) is 0 Å². The molecule has 2 heteroatoms. The number of rotatable bonds is 5. The number of benzene rings is 1. The highest BCUT2D eigenvalue weighted by Gasteiger charge is 2.19. The third kappa shape index (κ3) is 3.81. The highest BCUT2D eigenvalue weighted by atomic mass is 19.1. The molecule has 0 unspecified atom stereocenters. The van der Waals surface area contributed by atoms with Crippen molar-refractivity contribution in [2.24, 2.45) is 11.8 Å². The molecule has 0 spiro atoms. The molecule has 1 nitrogen and oxygen atoms in total. The fourth-order valence-electron chi connectivity index (χ4n) is 2.90. The number of halogens is 1. The highest BCUT2D eigenvalue weighted by molar-refractivity contribution is 5.16. The molecule has 1 N–H and O–H groups in total. The Bertz CT molecular complexity index is 356. The summed E-state index contributed by atoms with van der Waals surface area (Å²) in [5.74, 6) is 1.65. The summed E-state index contributed by atoms with van der Waals surface area (Å²) in [6.45, 7) is 3.98. The second-order valence-electron chi connectivity index (χ2n) is 5.52. The Labute approximate surface area is 110 Å². The van der Waals surface area contributed by atoms with Gasteiger partial charge in [-0.15, -0.1) is 0 Å². The van der Waals surface area contributed by atoms with E-state index in [1.54, 1.807) is 6.07 Å². The van der Waals surface area contributed by atoms with Gasteiger partial charge in [-0.2, -0.15) is 0 Å². The van der Waals surface area contributed by atoms with E-state index in [0.29, 0.717) is 6.54 Å². The minimum Gasteiger partial charge on any atom is -0.312 e. The van der Waals surface area contributed by atoms with Gasteiger partial charge in [-0.25, -0.2) is 4.39 Å². The van der Waals surface area contributed by atoms with Crippen LogP contribution in [0.1, 0.15) is 44.6 Å². The van der Waals surface area contributed by atoms with Crippen LogP contribution in [0.4, 0.5) is 4.39 Å². The van der Waals surface area contributed by atoms with Gasteiger partial charge in [-0.05, 0) is 37.3 Å². The van der Waals surface area contributed by atoms with Crippen molar-refractivity contribution in [3.05, 3.63) is 35.6 Å². The van der Waals surface area contributed by atoms with Crippen molar-refractivity contribution in [1.82, 2.24) is 5.32 Å². The summed E-state index contributed by atoms with van der Waals surface area (Å²) in [6, 6.07) is 7.02. The lowest BCUT2D eigenvalue weighted by Gasteiger charge is -2.27. The van der Waals surface area contributed by atoms with E-state index in [0.717, 1.165) is 23.9 Å². The maximum atomic E-state index is 13.4. The fourth-order valence-corrected chi connectivity index (χ4v) is 2.90. The van der Waals surface area contributed by atoms with E-state index in [4.69, 9.17) is 0 Å². The maximum Gasteiger partial charge on any atom is 0.127 e. The minimum atomic E-state index is -0.0975. The predicted octanol–water partition coefficient (Wildman–Crippen LogP) is 4.13. The minimum absolute atomic E-state index is 0.0975. The van der Waals surface area contributed by atoms with Gasteiger partial charge in [0.25, 0.3) is 0 Å². The summed E-state index contributed by atoms with van der Waals surface area (Å²) in [7, 11) is 0. The number of hydrogen-bond acceptors (Lipinski definition) is 1. The Morgan fingerprint density at radius 2 is 1.78 bits per heavy atom. The van der Waals surface area contributed by atoms with E-state index in [2.05, 4.69) is 12.2 Å². The molecule has 0 radical (unpaired) electrons. The molecule has 0 saturated heterocycles. The zero-order valence-corrected chi connectivity index (χ0v) is 11.3. The topological polar surface area (TPSA) is 12.0 Å². The lowest BCUT2D eigenvalue weighted by Crippen LogP contribution is -2.26. The van der Waals surface area contributed by atoms with Crippen LogP contribution in [0.5, 0.6) is 0 Å². The first-order valence-electron chi connectivity index (χ1n) is 7.23. The molecule has 2 rings (SSSR count). The first-order valence-corrected chi connectivity index (χ1v) is 7.23. The zero-order valence-electron chi connectivity index (χ0n) is 11.3. The van der Waals surface area contributed by atoms with Gasteiger partial charge in [-0.1, -0.05) is 44.4 Å². The van der Waals surface area contributed by atoms with Crippen LogP contribution in [0.25, 0.3) is 0 Å². The van der Waals surface area contributed by atoms with E-state index in [-0.39, 0.29) is 5.82 Å².